The normalized spacial score (nSPS) is 38.4. The third kappa shape index (κ3) is 5.51. The number of ether oxygens (including phenoxy) is 5. The molecule has 2 aromatic rings. The molecule has 15 nitrogen and oxygen atoms in total. The lowest BCUT2D eigenvalue weighted by Crippen LogP contribution is -2.64. The summed E-state index contributed by atoms with van der Waals surface area (Å²) < 4.78 is 28.0. The lowest BCUT2D eigenvalue weighted by molar-refractivity contribution is -0.349. The monoisotopic (exact) mass is 596 g/mol. The first-order valence-corrected chi connectivity index (χ1v) is 13.1. The van der Waals surface area contributed by atoms with Gasteiger partial charge in [-0.25, -0.2) is 0 Å². The van der Waals surface area contributed by atoms with Crippen LogP contribution in [-0.2, 0) is 14.2 Å². The van der Waals surface area contributed by atoms with Gasteiger partial charge in [-0.2, -0.15) is 0 Å². The molecule has 0 bridgehead atoms. The number of carbonyl (C=O) groups excluding carboxylic acids is 1. The number of phenols is 2. The molecule has 0 aliphatic carbocycles. The van der Waals surface area contributed by atoms with Crippen LogP contribution in [0.2, 0.25) is 0 Å². The summed E-state index contributed by atoms with van der Waals surface area (Å²) in [6, 6.07) is 7.79. The van der Waals surface area contributed by atoms with E-state index >= 15 is 0 Å². The van der Waals surface area contributed by atoms with Crippen LogP contribution in [0, 0.1) is 0 Å². The Bertz CT molecular complexity index is 1270. The van der Waals surface area contributed by atoms with Gasteiger partial charge in [-0.3, -0.25) is 4.79 Å². The molecule has 3 aliphatic rings. The molecular weight excluding hydrogens is 564 g/mol. The number of fused-ring (bicyclic) bond motifs is 1. The van der Waals surface area contributed by atoms with Crippen molar-refractivity contribution in [2.45, 2.75) is 80.5 Å². The number of aliphatic hydroxyl groups excluding tert-OH is 7. The average Bonchev–Trinajstić information content (AvgIpc) is 2.96. The lowest BCUT2D eigenvalue weighted by atomic mass is 9.93. The smallest absolute Gasteiger partial charge is 0.229 e. The van der Waals surface area contributed by atoms with Gasteiger partial charge in [0.05, 0.1) is 12.7 Å². The van der Waals surface area contributed by atoms with Crippen LogP contribution in [0.1, 0.15) is 28.9 Å². The maximum Gasteiger partial charge on any atom is 0.229 e. The summed E-state index contributed by atoms with van der Waals surface area (Å²) in [6.07, 6.45) is -18.2. The van der Waals surface area contributed by atoms with E-state index in [1.807, 2.05) is 0 Å². The van der Waals surface area contributed by atoms with Crippen molar-refractivity contribution in [2.75, 3.05) is 6.61 Å². The van der Waals surface area contributed by atoms with Gasteiger partial charge in [-0.15, -0.1) is 0 Å². The number of aliphatic hydroxyl groups is 7. The van der Waals surface area contributed by atoms with Crippen LogP contribution in [-0.4, -0.2) is 126 Å². The summed E-state index contributed by atoms with van der Waals surface area (Å²) in [5, 5.41) is 92.3. The number of rotatable bonds is 6. The van der Waals surface area contributed by atoms with Gasteiger partial charge in [0.2, 0.25) is 12.1 Å². The maximum absolute atomic E-state index is 12.9. The largest absolute Gasteiger partial charge is 0.508 e. The average molecular weight is 597 g/mol. The number of ketones is 1. The van der Waals surface area contributed by atoms with Crippen molar-refractivity contribution in [3.8, 4) is 23.0 Å². The summed E-state index contributed by atoms with van der Waals surface area (Å²) in [5.74, 6) is -1.83. The molecular formula is C27H32O15. The molecule has 3 aliphatic heterocycles. The van der Waals surface area contributed by atoms with E-state index in [2.05, 4.69) is 0 Å². The quantitative estimate of drug-likeness (QED) is 0.172. The molecule has 9 N–H and O–H groups in total. The highest BCUT2D eigenvalue weighted by Gasteiger charge is 2.50. The van der Waals surface area contributed by atoms with Crippen molar-refractivity contribution in [3.63, 3.8) is 0 Å². The van der Waals surface area contributed by atoms with E-state index < -0.39 is 91.8 Å². The molecule has 0 saturated carbocycles. The molecule has 0 radical (unpaired) electrons. The van der Waals surface area contributed by atoms with Crippen LogP contribution in [0.4, 0.5) is 0 Å². The predicted molar refractivity (Wildman–Crippen MR) is 136 cm³/mol. The van der Waals surface area contributed by atoms with Crippen LogP contribution in [0.5, 0.6) is 23.0 Å². The Balaban J connectivity index is 1.33. The van der Waals surface area contributed by atoms with Crippen molar-refractivity contribution in [2.24, 2.45) is 0 Å². The highest BCUT2D eigenvalue weighted by molar-refractivity contribution is 6.05. The number of hydrogen-bond acceptors (Lipinski definition) is 15. The molecule has 12 atom stereocenters. The molecule has 15 heteroatoms. The minimum absolute atomic E-state index is 0.0421. The van der Waals surface area contributed by atoms with E-state index in [0.717, 1.165) is 6.07 Å². The topological polar surface area (TPSA) is 245 Å². The highest BCUT2D eigenvalue weighted by atomic mass is 16.7. The molecule has 0 aromatic heterocycles. The van der Waals surface area contributed by atoms with Crippen molar-refractivity contribution < 1.29 is 74.4 Å². The van der Waals surface area contributed by atoms with Gasteiger partial charge in [0.15, 0.2) is 18.5 Å². The molecule has 2 saturated heterocycles. The summed E-state index contributed by atoms with van der Waals surface area (Å²) in [7, 11) is 0. The summed E-state index contributed by atoms with van der Waals surface area (Å²) >= 11 is 0. The van der Waals surface area contributed by atoms with Crippen LogP contribution in [0.15, 0.2) is 36.4 Å². The Hall–Kier alpha value is -3.09. The fraction of sp³-hybridized carbons (Fsp3) is 0.519. The van der Waals surface area contributed by atoms with Gasteiger partial charge < -0.3 is 69.6 Å². The maximum atomic E-state index is 12.9. The second kappa shape index (κ2) is 11.9. The lowest BCUT2D eigenvalue weighted by Gasteiger charge is -2.45. The number of phenolic OH excluding ortho intramolecular Hbond substituents is 2. The molecule has 42 heavy (non-hydrogen) atoms. The first-order valence-electron chi connectivity index (χ1n) is 13.1. The Morgan fingerprint density at radius 3 is 2.17 bits per heavy atom. The van der Waals surface area contributed by atoms with Crippen molar-refractivity contribution in [1.29, 1.82) is 0 Å². The van der Waals surface area contributed by atoms with Crippen LogP contribution >= 0.6 is 0 Å². The number of aromatic hydroxyl groups is 2. The predicted octanol–water partition coefficient (Wildman–Crippen LogP) is -2.19. The SMILES string of the molecule is C[C@H]1O[C@@H](O[C@@H]2[C@@H](O)[C@@H](O)[C@H](Oc3cc(O)c4c(c3)O[C@@H](c3ccc(O)cc3)[C@@H](O)C4=O)O[C@H]2CO)[C@@H](O)[C@H](O)[C@H]1O. The van der Waals surface area contributed by atoms with Gasteiger partial charge in [0.25, 0.3) is 0 Å². The van der Waals surface area contributed by atoms with Crippen LogP contribution < -0.4 is 9.47 Å². The van der Waals surface area contributed by atoms with E-state index in [0.29, 0.717) is 5.56 Å². The van der Waals surface area contributed by atoms with E-state index in [9.17, 15) is 50.8 Å². The number of hydrogen-bond donors (Lipinski definition) is 9. The van der Waals surface area contributed by atoms with Crippen LogP contribution in [0.3, 0.4) is 0 Å². The molecule has 3 heterocycles. The zero-order chi connectivity index (χ0) is 30.5. The summed E-state index contributed by atoms with van der Waals surface area (Å²) in [6.45, 7) is 0.669. The van der Waals surface area contributed by atoms with Gasteiger partial charge in [0, 0.05) is 12.1 Å². The Morgan fingerprint density at radius 2 is 1.50 bits per heavy atom. The molecule has 5 rings (SSSR count). The van der Waals surface area contributed by atoms with E-state index in [1.54, 1.807) is 0 Å². The number of Topliss-reactive ketones (excluding diaryl/α,β-unsaturated/α-hetero) is 1. The summed E-state index contributed by atoms with van der Waals surface area (Å²) in [4.78, 5) is 12.9. The van der Waals surface area contributed by atoms with E-state index in [-0.39, 0.29) is 22.8 Å². The second-order valence-electron chi connectivity index (χ2n) is 10.4. The zero-order valence-corrected chi connectivity index (χ0v) is 22.1. The molecule has 2 aromatic carbocycles. The van der Waals surface area contributed by atoms with Gasteiger partial charge in [-0.1, -0.05) is 12.1 Å². The number of carbonyl (C=O) groups is 1. The highest BCUT2D eigenvalue weighted by Crippen LogP contribution is 2.43. The standard InChI is InChI=1S/C27H32O15/c1-9-17(31)19(33)22(36)26(38-9)42-25-15(8-28)41-27(23(37)21(25)35)39-12-6-13(30)16-14(7-12)40-24(20(34)18(16)32)10-2-4-11(29)5-3-10/h2-7,9,15,17,19-31,33-37H,8H2,1H3/t9-,15+,17+,19-,20+,21+,22+,23-,24+,25+,26+,27-/m1/s1. The first kappa shape index (κ1) is 30.4. The number of benzene rings is 2. The first-order chi connectivity index (χ1) is 19.9. The van der Waals surface area contributed by atoms with E-state index in [1.165, 1.54) is 37.3 Å². The minimum atomic E-state index is -1.82. The molecule has 0 spiro atoms. The Kier molecular flexibility index (Phi) is 8.60. The molecule has 230 valence electrons. The second-order valence-corrected chi connectivity index (χ2v) is 10.4. The zero-order valence-electron chi connectivity index (χ0n) is 22.1. The van der Waals surface area contributed by atoms with Gasteiger partial charge in [0.1, 0.15) is 71.3 Å². The third-order valence-corrected chi connectivity index (χ3v) is 7.50. The molecule has 2 fully saturated rings. The van der Waals surface area contributed by atoms with Crippen molar-refractivity contribution in [3.05, 3.63) is 47.5 Å². The third-order valence-electron chi connectivity index (χ3n) is 7.50. The van der Waals surface area contributed by atoms with Gasteiger partial charge in [-0.05, 0) is 24.6 Å². The fourth-order valence-electron chi connectivity index (χ4n) is 5.12. The summed E-state index contributed by atoms with van der Waals surface area (Å²) in [5.41, 5.74) is 0.0453. The minimum Gasteiger partial charge on any atom is -0.508 e. The Labute approximate surface area is 238 Å². The molecule has 0 amide bonds. The van der Waals surface area contributed by atoms with Crippen molar-refractivity contribution in [1.82, 2.24) is 0 Å². The van der Waals surface area contributed by atoms with Crippen LogP contribution in [0.25, 0.3) is 0 Å². The van der Waals surface area contributed by atoms with Crippen molar-refractivity contribution >= 4 is 5.78 Å². The fourth-order valence-corrected chi connectivity index (χ4v) is 5.12. The van der Waals surface area contributed by atoms with Gasteiger partial charge >= 0.3 is 0 Å². The molecule has 0 unspecified atom stereocenters. The van der Waals surface area contributed by atoms with E-state index in [4.69, 9.17) is 23.7 Å². The Morgan fingerprint density at radius 1 is 0.833 bits per heavy atom.